The van der Waals surface area contributed by atoms with Crippen molar-refractivity contribution in [1.82, 2.24) is 9.88 Å². The van der Waals surface area contributed by atoms with Crippen LogP contribution in [0.25, 0.3) is 0 Å². The summed E-state index contributed by atoms with van der Waals surface area (Å²) >= 11 is 0. The Balaban J connectivity index is 1.56. The van der Waals surface area contributed by atoms with Gasteiger partial charge in [-0.15, -0.1) is 0 Å². The molecule has 118 valence electrons. The number of fused-ring (bicyclic) bond motifs is 1. The highest BCUT2D eigenvalue weighted by molar-refractivity contribution is 5.95. The van der Waals surface area contributed by atoms with Crippen LogP contribution in [0, 0.1) is 0 Å². The van der Waals surface area contributed by atoms with Gasteiger partial charge in [0.1, 0.15) is 0 Å². The molecule has 2 aliphatic rings. The molecule has 0 spiro atoms. The average Bonchev–Trinajstić information content (AvgIpc) is 2.99. The summed E-state index contributed by atoms with van der Waals surface area (Å²) in [6.07, 6.45) is 6.40. The maximum absolute atomic E-state index is 12.5. The fourth-order valence-electron chi connectivity index (χ4n) is 4.00. The van der Waals surface area contributed by atoms with Crippen LogP contribution in [-0.2, 0) is 11.3 Å². The van der Waals surface area contributed by atoms with Gasteiger partial charge in [-0.3, -0.25) is 14.7 Å². The first-order valence-electron chi connectivity index (χ1n) is 8.33. The van der Waals surface area contributed by atoms with E-state index in [9.17, 15) is 4.79 Å². The third-order valence-corrected chi connectivity index (χ3v) is 5.02. The number of benzene rings is 1. The molecule has 4 rings (SSSR count). The summed E-state index contributed by atoms with van der Waals surface area (Å²) in [5.74, 6) is 0.265. The molecular weight excluding hydrogens is 286 g/mol. The Kier molecular flexibility index (Phi) is 3.83. The smallest absolute Gasteiger partial charge is 0.227 e. The molecule has 3 heterocycles. The van der Waals surface area contributed by atoms with E-state index in [-0.39, 0.29) is 5.91 Å². The third-order valence-electron chi connectivity index (χ3n) is 5.02. The zero-order chi connectivity index (χ0) is 15.6. The molecule has 2 aliphatic heterocycles. The molecule has 1 amide bonds. The second-order valence-corrected chi connectivity index (χ2v) is 6.39. The molecule has 4 nitrogen and oxygen atoms in total. The molecule has 0 N–H and O–H groups in total. The van der Waals surface area contributed by atoms with Crippen molar-refractivity contribution in [3.63, 3.8) is 0 Å². The van der Waals surface area contributed by atoms with Crippen LogP contribution in [0.5, 0.6) is 0 Å². The largest absolute Gasteiger partial charge is 0.308 e. The van der Waals surface area contributed by atoms with Gasteiger partial charge in [-0.2, -0.15) is 0 Å². The second kappa shape index (κ2) is 6.13. The van der Waals surface area contributed by atoms with Gasteiger partial charge in [0.2, 0.25) is 5.91 Å². The number of carbonyl (C=O) groups is 1. The number of amides is 1. The number of rotatable bonds is 3. The number of carbonyl (C=O) groups excluding carboxylic acids is 1. The normalized spacial score (nSPS) is 24.7. The van der Waals surface area contributed by atoms with Crippen molar-refractivity contribution in [2.45, 2.75) is 37.9 Å². The maximum Gasteiger partial charge on any atom is 0.227 e. The first-order chi connectivity index (χ1) is 11.3. The van der Waals surface area contributed by atoms with Crippen LogP contribution < -0.4 is 4.90 Å². The molecule has 0 radical (unpaired) electrons. The van der Waals surface area contributed by atoms with Crippen molar-refractivity contribution >= 4 is 11.6 Å². The summed E-state index contributed by atoms with van der Waals surface area (Å²) in [7, 11) is 0. The van der Waals surface area contributed by atoms with Crippen molar-refractivity contribution in [3.8, 4) is 0 Å². The van der Waals surface area contributed by atoms with E-state index in [1.807, 2.05) is 53.7 Å². The average molecular weight is 307 g/mol. The lowest BCUT2D eigenvalue weighted by Crippen LogP contribution is -2.52. The van der Waals surface area contributed by atoms with E-state index >= 15 is 0 Å². The van der Waals surface area contributed by atoms with Crippen molar-refractivity contribution in [2.75, 3.05) is 11.4 Å². The van der Waals surface area contributed by atoms with Crippen LogP contribution in [0.3, 0.4) is 0 Å². The van der Waals surface area contributed by atoms with Crippen molar-refractivity contribution in [1.29, 1.82) is 0 Å². The molecule has 4 heteroatoms. The van der Waals surface area contributed by atoms with E-state index in [1.165, 1.54) is 5.56 Å². The summed E-state index contributed by atoms with van der Waals surface area (Å²) in [6, 6.07) is 15.0. The molecule has 1 aromatic heterocycles. The molecule has 0 unspecified atom stereocenters. The Morgan fingerprint density at radius 3 is 2.70 bits per heavy atom. The molecule has 1 aromatic carbocycles. The number of hydrogen-bond donors (Lipinski definition) is 0. The van der Waals surface area contributed by atoms with Crippen molar-refractivity contribution < 1.29 is 4.79 Å². The Morgan fingerprint density at radius 2 is 1.91 bits per heavy atom. The van der Waals surface area contributed by atoms with E-state index < -0.39 is 0 Å². The highest BCUT2D eigenvalue weighted by atomic mass is 16.2. The predicted molar refractivity (Wildman–Crippen MR) is 90.0 cm³/mol. The number of pyridine rings is 1. The molecular formula is C19H21N3O. The molecule has 2 saturated heterocycles. The molecule has 2 fully saturated rings. The fraction of sp³-hybridized carbons (Fsp3) is 0.368. The summed E-state index contributed by atoms with van der Waals surface area (Å²) in [5, 5.41) is 0. The van der Waals surface area contributed by atoms with Crippen LogP contribution in [0.15, 0.2) is 54.9 Å². The summed E-state index contributed by atoms with van der Waals surface area (Å²) < 4.78 is 0. The molecule has 0 bridgehead atoms. The summed E-state index contributed by atoms with van der Waals surface area (Å²) in [5.41, 5.74) is 2.28. The second-order valence-electron chi connectivity index (χ2n) is 6.39. The molecule has 2 aromatic rings. The Morgan fingerprint density at radius 1 is 1.04 bits per heavy atom. The molecule has 0 aliphatic carbocycles. The Labute approximate surface area is 136 Å². The minimum atomic E-state index is 0.265. The van der Waals surface area contributed by atoms with E-state index in [2.05, 4.69) is 16.0 Å². The first-order valence-corrected chi connectivity index (χ1v) is 8.33. The predicted octanol–water partition coefficient (Wildman–Crippen LogP) is 2.85. The van der Waals surface area contributed by atoms with E-state index in [4.69, 9.17) is 0 Å². The molecule has 2 atom stereocenters. The highest BCUT2D eigenvalue weighted by Crippen LogP contribution is 2.35. The molecule has 23 heavy (non-hydrogen) atoms. The zero-order valence-electron chi connectivity index (χ0n) is 13.1. The SMILES string of the molecule is O=C1CC[C@@H]2[C@@H](CCN2Cc2cccnc2)N1c1ccccc1. The fourth-order valence-corrected chi connectivity index (χ4v) is 4.00. The summed E-state index contributed by atoms with van der Waals surface area (Å²) in [4.78, 5) is 21.3. The van der Waals surface area contributed by atoms with Gasteiger partial charge in [0.15, 0.2) is 0 Å². The number of anilines is 1. The van der Waals surface area contributed by atoms with Gasteiger partial charge in [-0.25, -0.2) is 0 Å². The number of likely N-dealkylation sites (tertiary alicyclic amines) is 1. The first kappa shape index (κ1) is 14.4. The Bertz CT molecular complexity index is 674. The minimum Gasteiger partial charge on any atom is -0.308 e. The number of hydrogen-bond acceptors (Lipinski definition) is 3. The lowest BCUT2D eigenvalue weighted by Gasteiger charge is -2.39. The quantitative estimate of drug-likeness (QED) is 0.875. The van der Waals surface area contributed by atoms with E-state index in [1.54, 1.807) is 0 Å². The topological polar surface area (TPSA) is 36.4 Å². The summed E-state index contributed by atoms with van der Waals surface area (Å²) in [6.45, 7) is 1.96. The Hall–Kier alpha value is -2.20. The monoisotopic (exact) mass is 307 g/mol. The van der Waals surface area contributed by atoms with Crippen LogP contribution in [0.1, 0.15) is 24.8 Å². The van der Waals surface area contributed by atoms with E-state index in [0.717, 1.165) is 31.6 Å². The number of nitrogens with zero attached hydrogens (tertiary/aromatic N) is 3. The third kappa shape index (κ3) is 2.75. The minimum absolute atomic E-state index is 0.265. The number of para-hydroxylation sites is 1. The van der Waals surface area contributed by atoms with Gasteiger partial charge < -0.3 is 4.90 Å². The standard InChI is InChI=1S/C19H21N3O/c23-19-9-8-17-18(22(19)16-6-2-1-3-7-16)10-12-21(17)14-15-5-4-11-20-13-15/h1-7,11,13,17-18H,8-10,12,14H2/t17-,18-/m1/s1. The lowest BCUT2D eigenvalue weighted by molar-refractivity contribution is -0.120. The molecule has 0 saturated carbocycles. The van der Waals surface area contributed by atoms with Gasteiger partial charge in [0, 0.05) is 43.6 Å². The van der Waals surface area contributed by atoms with Gasteiger partial charge >= 0.3 is 0 Å². The zero-order valence-corrected chi connectivity index (χ0v) is 13.1. The van der Waals surface area contributed by atoms with Crippen LogP contribution in [0.2, 0.25) is 0 Å². The van der Waals surface area contributed by atoms with Gasteiger partial charge in [-0.05, 0) is 36.6 Å². The lowest BCUT2D eigenvalue weighted by atomic mass is 9.95. The highest BCUT2D eigenvalue weighted by Gasteiger charge is 2.43. The van der Waals surface area contributed by atoms with Crippen LogP contribution in [0.4, 0.5) is 5.69 Å². The maximum atomic E-state index is 12.5. The number of piperidine rings is 1. The van der Waals surface area contributed by atoms with Crippen LogP contribution >= 0.6 is 0 Å². The van der Waals surface area contributed by atoms with Crippen molar-refractivity contribution in [3.05, 3.63) is 60.4 Å². The van der Waals surface area contributed by atoms with Crippen LogP contribution in [-0.4, -0.2) is 34.4 Å². The number of aromatic nitrogens is 1. The van der Waals surface area contributed by atoms with Gasteiger partial charge in [0.05, 0.1) is 6.04 Å². The van der Waals surface area contributed by atoms with Crippen molar-refractivity contribution in [2.24, 2.45) is 0 Å². The van der Waals surface area contributed by atoms with Gasteiger partial charge in [0.25, 0.3) is 0 Å². The van der Waals surface area contributed by atoms with Gasteiger partial charge in [-0.1, -0.05) is 24.3 Å². The van der Waals surface area contributed by atoms with E-state index in [0.29, 0.717) is 18.5 Å².